The Hall–Kier alpha value is -6.43. The van der Waals surface area contributed by atoms with Crippen molar-refractivity contribution >= 4 is 17.9 Å². The molecular weight excluding hydrogens is 789 g/mol. The van der Waals surface area contributed by atoms with Crippen molar-refractivity contribution in [3.8, 4) is 50.7 Å². The van der Waals surface area contributed by atoms with Crippen LogP contribution in [0.5, 0.6) is 0 Å². The third-order valence-corrected chi connectivity index (χ3v) is 13.1. The molecule has 0 spiro atoms. The number of carbonyl (C=O) groups excluding carboxylic acids is 3. The van der Waals surface area contributed by atoms with Crippen molar-refractivity contribution in [1.29, 1.82) is 0 Å². The maximum atomic E-state index is 13.7. The van der Waals surface area contributed by atoms with Crippen molar-refractivity contribution < 1.29 is 19.1 Å². The number of alkyl carbamates (subject to hydrolysis) is 1. The first kappa shape index (κ1) is 41.9. The van der Waals surface area contributed by atoms with Gasteiger partial charge in [0.05, 0.1) is 54.4 Å². The van der Waals surface area contributed by atoms with Gasteiger partial charge in [0, 0.05) is 25.2 Å². The Morgan fingerprint density at radius 2 is 1.24 bits per heavy atom. The Balaban J connectivity index is 0.970. The highest BCUT2D eigenvalue weighted by molar-refractivity contribution is 5.86. The lowest BCUT2D eigenvalue weighted by atomic mass is 10.0. The minimum absolute atomic E-state index is 0.00804. The molecule has 12 nitrogen and oxygen atoms in total. The van der Waals surface area contributed by atoms with Crippen molar-refractivity contribution in [3.05, 3.63) is 114 Å². The lowest BCUT2D eigenvalue weighted by Crippen LogP contribution is -2.51. The van der Waals surface area contributed by atoms with Crippen LogP contribution in [0.4, 0.5) is 4.79 Å². The summed E-state index contributed by atoms with van der Waals surface area (Å²) in [6.45, 7) is 9.40. The number of aryl methyl sites for hydroxylation is 2. The van der Waals surface area contributed by atoms with E-state index in [-0.39, 0.29) is 29.8 Å². The first-order chi connectivity index (χ1) is 30.6. The highest BCUT2D eigenvalue weighted by atomic mass is 16.5. The van der Waals surface area contributed by atoms with Crippen LogP contribution in [0.1, 0.15) is 101 Å². The normalized spacial score (nSPS) is 17.8. The molecule has 3 aromatic heterocycles. The summed E-state index contributed by atoms with van der Waals surface area (Å²) in [4.78, 5) is 59.3. The average Bonchev–Trinajstić information content (AvgIpc) is 4.14. The molecular formula is C51H58N8O4. The number of ether oxygens (including phenoxy) is 1. The van der Waals surface area contributed by atoms with E-state index < -0.39 is 12.1 Å². The van der Waals surface area contributed by atoms with Crippen LogP contribution < -0.4 is 5.32 Å². The zero-order valence-corrected chi connectivity index (χ0v) is 37.0. The van der Waals surface area contributed by atoms with Gasteiger partial charge < -0.3 is 34.4 Å². The van der Waals surface area contributed by atoms with E-state index in [1.165, 1.54) is 24.7 Å². The largest absolute Gasteiger partial charge is 0.453 e. The van der Waals surface area contributed by atoms with E-state index in [4.69, 9.17) is 14.7 Å². The predicted molar refractivity (Wildman–Crippen MR) is 245 cm³/mol. The number of nitrogens with zero attached hydrogens (tertiary/aromatic N) is 5. The summed E-state index contributed by atoms with van der Waals surface area (Å²) < 4.78 is 7.18. The van der Waals surface area contributed by atoms with Gasteiger partial charge in [0.1, 0.15) is 17.7 Å². The molecule has 326 valence electrons. The quantitative estimate of drug-likeness (QED) is 0.112. The number of imidazole rings is 2. The molecule has 3 N–H and O–H groups in total. The topological polar surface area (TPSA) is 141 Å². The molecule has 1 aliphatic carbocycles. The van der Waals surface area contributed by atoms with Gasteiger partial charge in [0.25, 0.3) is 0 Å². The fraction of sp³-hybridized carbons (Fsp3) is 0.392. The van der Waals surface area contributed by atoms with E-state index in [0.717, 1.165) is 107 Å². The second kappa shape index (κ2) is 17.7. The molecule has 2 fully saturated rings. The molecule has 12 heteroatoms. The van der Waals surface area contributed by atoms with Gasteiger partial charge >= 0.3 is 6.09 Å². The number of rotatable bonds is 12. The Bertz CT molecular complexity index is 2600. The maximum Gasteiger partial charge on any atom is 0.407 e. The van der Waals surface area contributed by atoms with Crippen LogP contribution in [0.3, 0.4) is 0 Å². The molecule has 2 aliphatic heterocycles. The summed E-state index contributed by atoms with van der Waals surface area (Å²) >= 11 is 0. The van der Waals surface area contributed by atoms with Crippen molar-refractivity contribution in [2.24, 2.45) is 11.8 Å². The van der Waals surface area contributed by atoms with Crippen molar-refractivity contribution in [1.82, 2.24) is 39.6 Å². The molecule has 0 saturated carbocycles. The third kappa shape index (κ3) is 8.43. The number of benzene rings is 3. The Kier molecular flexibility index (Phi) is 11.8. The maximum absolute atomic E-state index is 13.7. The van der Waals surface area contributed by atoms with E-state index in [2.05, 4.69) is 113 Å². The third-order valence-electron chi connectivity index (χ3n) is 13.1. The molecule has 5 heterocycles. The zero-order chi connectivity index (χ0) is 43.8. The van der Waals surface area contributed by atoms with Crippen molar-refractivity contribution in [3.63, 3.8) is 0 Å². The number of nitrogens with one attached hydrogen (secondary N) is 3. The van der Waals surface area contributed by atoms with Crippen LogP contribution in [-0.2, 0) is 27.2 Å². The van der Waals surface area contributed by atoms with Gasteiger partial charge in [-0.25, -0.2) is 14.8 Å². The number of aromatic amines is 2. The minimum Gasteiger partial charge on any atom is -0.453 e. The fourth-order valence-electron chi connectivity index (χ4n) is 9.82. The van der Waals surface area contributed by atoms with Gasteiger partial charge in [-0.05, 0) is 114 Å². The lowest BCUT2D eigenvalue weighted by molar-refractivity contribution is -0.135. The number of H-pyrrole nitrogens is 2. The van der Waals surface area contributed by atoms with Gasteiger partial charge in [0.2, 0.25) is 11.8 Å². The van der Waals surface area contributed by atoms with Gasteiger partial charge in [-0.2, -0.15) is 0 Å². The highest BCUT2D eigenvalue weighted by Gasteiger charge is 2.38. The van der Waals surface area contributed by atoms with Crippen LogP contribution in [0.2, 0.25) is 0 Å². The summed E-state index contributed by atoms with van der Waals surface area (Å²) in [5.41, 5.74) is 12.3. The van der Waals surface area contributed by atoms with Gasteiger partial charge in [-0.15, -0.1) is 0 Å². The Labute approximate surface area is 369 Å². The van der Waals surface area contributed by atoms with E-state index in [1.54, 1.807) is 0 Å². The fourth-order valence-corrected chi connectivity index (χ4v) is 9.82. The SMILES string of the molecule is COC(=O)N[C@H](C(=O)N1CCC[C@H]1c1ncc(-c2ccc(-c3ccc(-c4ccc(-c5cnc([C@@H]6CCCN6C(=O)CC(C)C)[nH]5)cc4)n3-c3ccc4c(c3)CCC4)cc2)[nH]1)C(C)C. The van der Waals surface area contributed by atoms with E-state index >= 15 is 0 Å². The van der Waals surface area contributed by atoms with Crippen LogP contribution in [0.25, 0.3) is 50.7 Å². The minimum atomic E-state index is -0.687. The van der Waals surface area contributed by atoms with E-state index in [1.807, 2.05) is 36.0 Å². The molecule has 0 bridgehead atoms. The van der Waals surface area contributed by atoms with Crippen molar-refractivity contribution in [2.45, 2.75) is 97.2 Å². The Morgan fingerprint density at radius 3 is 1.79 bits per heavy atom. The molecule has 3 aliphatic rings. The second-order valence-electron chi connectivity index (χ2n) is 18.2. The molecule has 0 unspecified atom stereocenters. The summed E-state index contributed by atoms with van der Waals surface area (Å²) in [6, 6.07) is 27.7. The average molecular weight is 847 g/mol. The van der Waals surface area contributed by atoms with E-state index in [0.29, 0.717) is 18.9 Å². The number of fused-ring (bicyclic) bond motifs is 1. The van der Waals surface area contributed by atoms with Gasteiger partial charge in [-0.1, -0.05) is 82.3 Å². The number of hydrogen-bond donors (Lipinski definition) is 3. The molecule has 2 saturated heterocycles. The lowest BCUT2D eigenvalue weighted by Gasteiger charge is -2.30. The number of likely N-dealkylation sites (tertiary alicyclic amines) is 2. The monoisotopic (exact) mass is 846 g/mol. The summed E-state index contributed by atoms with van der Waals surface area (Å²) in [6.07, 6.45) is 10.6. The van der Waals surface area contributed by atoms with E-state index in [9.17, 15) is 14.4 Å². The van der Waals surface area contributed by atoms with Gasteiger partial charge in [0.15, 0.2) is 0 Å². The highest BCUT2D eigenvalue weighted by Crippen LogP contribution is 2.38. The molecule has 3 atom stereocenters. The first-order valence-electron chi connectivity index (χ1n) is 22.7. The summed E-state index contributed by atoms with van der Waals surface area (Å²) in [5, 5.41) is 2.73. The number of amides is 3. The predicted octanol–water partition coefficient (Wildman–Crippen LogP) is 9.83. The molecule has 6 aromatic rings. The molecule has 9 rings (SSSR count). The zero-order valence-electron chi connectivity index (χ0n) is 37.0. The summed E-state index contributed by atoms with van der Waals surface area (Å²) in [7, 11) is 1.30. The van der Waals surface area contributed by atoms with Gasteiger partial charge in [-0.3, -0.25) is 9.59 Å². The molecule has 0 radical (unpaired) electrons. The number of hydrogen-bond acceptors (Lipinski definition) is 6. The summed E-state index contributed by atoms with van der Waals surface area (Å²) in [5.74, 6) is 1.90. The number of methoxy groups -OCH3 is 1. The first-order valence-corrected chi connectivity index (χ1v) is 22.7. The second-order valence-corrected chi connectivity index (χ2v) is 18.2. The molecule has 3 aromatic carbocycles. The van der Waals surface area contributed by atoms with Crippen LogP contribution in [-0.4, -0.2) is 78.5 Å². The molecule has 3 amide bonds. The number of aromatic nitrogens is 5. The standard InChI is InChI=1S/C51H58N8O4/c1-31(2)27-46(60)57-25-7-11-44(57)48-52-29-40(54-48)34-13-17-36(18-14-34)42-23-24-43(59(42)39-22-21-33-9-6-10-38(33)28-39)37-19-15-35(16-20-37)41-30-53-49(55-41)45-12-8-26-58(45)50(61)47(32(3)4)56-51(62)63-5/h13-24,28-32,44-45,47H,6-12,25-27H2,1-5H3,(H,52,54)(H,53,55)(H,56,62)/t44-,45-,47-/m0/s1. The molecule has 63 heavy (non-hydrogen) atoms. The number of carbonyl (C=O) groups is 3. The van der Waals surface area contributed by atoms with Crippen molar-refractivity contribution in [2.75, 3.05) is 20.2 Å². The van der Waals surface area contributed by atoms with Crippen LogP contribution in [0.15, 0.2) is 91.3 Å². The Morgan fingerprint density at radius 1 is 0.698 bits per heavy atom. The van der Waals surface area contributed by atoms with Crippen LogP contribution in [0, 0.1) is 11.8 Å². The van der Waals surface area contributed by atoms with Crippen LogP contribution >= 0.6 is 0 Å². The smallest absolute Gasteiger partial charge is 0.407 e.